The van der Waals surface area contributed by atoms with E-state index >= 15 is 0 Å². The Morgan fingerprint density at radius 1 is 1.25 bits per heavy atom. The van der Waals surface area contributed by atoms with E-state index in [2.05, 4.69) is 33.8 Å². The molecule has 3 nitrogen and oxygen atoms in total. The number of fused-ring (bicyclic) bond motifs is 1. The fraction of sp³-hybridized carbons (Fsp3) is 0.529. The fourth-order valence-corrected chi connectivity index (χ4v) is 2.46. The molecule has 0 amide bonds. The summed E-state index contributed by atoms with van der Waals surface area (Å²) >= 11 is 0. The van der Waals surface area contributed by atoms with Gasteiger partial charge in [-0.15, -0.1) is 0 Å². The molecule has 0 spiro atoms. The summed E-state index contributed by atoms with van der Waals surface area (Å²) in [5.41, 5.74) is 8.26. The lowest BCUT2D eigenvalue weighted by Gasteiger charge is -2.20. The first-order valence-corrected chi connectivity index (χ1v) is 7.24. The normalized spacial score (nSPS) is 13.7. The molecule has 110 valence electrons. The molecule has 1 atom stereocenters. The van der Waals surface area contributed by atoms with Crippen LogP contribution in [-0.4, -0.2) is 7.11 Å². The van der Waals surface area contributed by atoms with Crippen molar-refractivity contribution in [2.75, 3.05) is 7.11 Å². The predicted molar refractivity (Wildman–Crippen MR) is 83.3 cm³/mol. The second-order valence-electron chi connectivity index (χ2n) is 6.39. The first kappa shape index (κ1) is 14.9. The van der Waals surface area contributed by atoms with E-state index in [1.165, 1.54) is 0 Å². The van der Waals surface area contributed by atoms with Crippen molar-refractivity contribution in [2.45, 2.75) is 52.0 Å². The van der Waals surface area contributed by atoms with E-state index in [0.717, 1.165) is 40.9 Å². The van der Waals surface area contributed by atoms with Crippen LogP contribution in [0.5, 0.6) is 5.75 Å². The lowest BCUT2D eigenvalue weighted by atomic mass is 9.86. The van der Waals surface area contributed by atoms with Crippen LogP contribution in [0.25, 0.3) is 11.0 Å². The lowest BCUT2D eigenvalue weighted by Crippen LogP contribution is -2.11. The Bertz CT molecular complexity index is 593. The van der Waals surface area contributed by atoms with E-state index in [1.807, 2.05) is 12.1 Å². The average molecular weight is 275 g/mol. The van der Waals surface area contributed by atoms with Crippen LogP contribution in [0, 0.1) is 0 Å². The maximum atomic E-state index is 6.17. The largest absolute Gasteiger partial charge is 0.497 e. The molecule has 0 aliphatic carbocycles. The van der Waals surface area contributed by atoms with Crippen molar-refractivity contribution in [2.24, 2.45) is 5.73 Å². The highest BCUT2D eigenvalue weighted by atomic mass is 16.5. The molecular formula is C17H25NO2. The third-order valence-electron chi connectivity index (χ3n) is 3.62. The van der Waals surface area contributed by atoms with Crippen LogP contribution in [0.2, 0.25) is 0 Å². The topological polar surface area (TPSA) is 48.4 Å². The molecule has 20 heavy (non-hydrogen) atoms. The highest BCUT2D eigenvalue weighted by Crippen LogP contribution is 2.36. The molecular weight excluding hydrogens is 250 g/mol. The van der Waals surface area contributed by atoms with E-state index in [9.17, 15) is 0 Å². The van der Waals surface area contributed by atoms with Crippen LogP contribution >= 0.6 is 0 Å². The summed E-state index contributed by atoms with van der Waals surface area (Å²) in [4.78, 5) is 0. The van der Waals surface area contributed by atoms with Gasteiger partial charge in [0, 0.05) is 10.9 Å². The molecule has 2 rings (SSSR count). The zero-order valence-corrected chi connectivity index (χ0v) is 13.1. The van der Waals surface area contributed by atoms with Crippen molar-refractivity contribution in [3.8, 4) is 5.75 Å². The Kier molecular flexibility index (Phi) is 4.09. The van der Waals surface area contributed by atoms with Crippen molar-refractivity contribution < 1.29 is 9.15 Å². The van der Waals surface area contributed by atoms with Gasteiger partial charge in [-0.2, -0.15) is 0 Å². The molecule has 1 heterocycles. The van der Waals surface area contributed by atoms with Crippen LogP contribution < -0.4 is 10.5 Å². The summed E-state index contributed by atoms with van der Waals surface area (Å²) in [7, 11) is 1.69. The smallest absolute Gasteiger partial charge is 0.138 e. The standard InChI is InChI=1S/C17H25NO2/c1-6-7-14(18)15-9-11-8-12(19-5)10-13(16(11)20-15)17(2,3)4/h8-10,14H,6-7,18H2,1-5H3. The van der Waals surface area contributed by atoms with Crippen molar-refractivity contribution >= 4 is 11.0 Å². The molecule has 0 radical (unpaired) electrons. The average Bonchev–Trinajstić information content (AvgIpc) is 2.80. The van der Waals surface area contributed by atoms with Gasteiger partial charge in [0.25, 0.3) is 0 Å². The number of benzene rings is 1. The minimum Gasteiger partial charge on any atom is -0.497 e. The Labute approximate surface area is 121 Å². The van der Waals surface area contributed by atoms with Gasteiger partial charge < -0.3 is 14.9 Å². The van der Waals surface area contributed by atoms with Crippen LogP contribution in [0.1, 0.15) is 57.9 Å². The second kappa shape index (κ2) is 5.49. The quantitative estimate of drug-likeness (QED) is 0.891. The van der Waals surface area contributed by atoms with E-state index in [-0.39, 0.29) is 11.5 Å². The van der Waals surface area contributed by atoms with Gasteiger partial charge in [-0.25, -0.2) is 0 Å². The number of methoxy groups -OCH3 is 1. The van der Waals surface area contributed by atoms with Crippen LogP contribution in [0.3, 0.4) is 0 Å². The highest BCUT2D eigenvalue weighted by molar-refractivity contribution is 5.84. The van der Waals surface area contributed by atoms with E-state index in [1.54, 1.807) is 7.11 Å². The van der Waals surface area contributed by atoms with Gasteiger partial charge in [-0.05, 0) is 30.0 Å². The van der Waals surface area contributed by atoms with Crippen LogP contribution in [-0.2, 0) is 5.41 Å². The minimum atomic E-state index is -0.0359. The molecule has 2 aromatic rings. The molecule has 2 N–H and O–H groups in total. The van der Waals surface area contributed by atoms with Crippen LogP contribution in [0.15, 0.2) is 22.6 Å². The van der Waals surface area contributed by atoms with Gasteiger partial charge in [0.1, 0.15) is 17.1 Å². The third-order valence-corrected chi connectivity index (χ3v) is 3.62. The number of furan rings is 1. The molecule has 1 unspecified atom stereocenters. The summed E-state index contributed by atoms with van der Waals surface area (Å²) in [5, 5.41) is 1.07. The number of hydrogen-bond donors (Lipinski definition) is 1. The zero-order valence-electron chi connectivity index (χ0n) is 13.1. The van der Waals surface area contributed by atoms with E-state index in [4.69, 9.17) is 14.9 Å². The molecule has 1 aromatic carbocycles. The Morgan fingerprint density at radius 2 is 1.95 bits per heavy atom. The molecule has 0 saturated heterocycles. The SMILES string of the molecule is CCCC(N)c1cc2cc(OC)cc(C(C)(C)C)c2o1. The maximum absolute atomic E-state index is 6.17. The molecule has 3 heteroatoms. The predicted octanol–water partition coefficient (Wildman–Crippen LogP) is 4.54. The summed E-state index contributed by atoms with van der Waals surface area (Å²) in [6, 6.07) is 6.08. The number of rotatable bonds is 4. The maximum Gasteiger partial charge on any atom is 0.138 e. The molecule has 0 bridgehead atoms. The fourth-order valence-electron chi connectivity index (χ4n) is 2.46. The number of ether oxygens (including phenoxy) is 1. The molecule has 1 aromatic heterocycles. The Hall–Kier alpha value is -1.48. The van der Waals surface area contributed by atoms with Gasteiger partial charge in [0.2, 0.25) is 0 Å². The van der Waals surface area contributed by atoms with Crippen molar-refractivity contribution in [1.29, 1.82) is 0 Å². The summed E-state index contributed by atoms with van der Waals surface area (Å²) in [6.45, 7) is 8.66. The minimum absolute atomic E-state index is 0.00321. The summed E-state index contributed by atoms with van der Waals surface area (Å²) < 4.78 is 11.5. The highest BCUT2D eigenvalue weighted by Gasteiger charge is 2.22. The third kappa shape index (κ3) is 2.83. The van der Waals surface area contributed by atoms with Gasteiger partial charge in [-0.1, -0.05) is 34.1 Å². The Balaban J connectivity index is 2.60. The second-order valence-corrected chi connectivity index (χ2v) is 6.39. The van der Waals surface area contributed by atoms with Crippen LogP contribution in [0.4, 0.5) is 0 Å². The first-order chi connectivity index (χ1) is 9.36. The lowest BCUT2D eigenvalue weighted by molar-refractivity contribution is 0.412. The monoisotopic (exact) mass is 275 g/mol. The zero-order chi connectivity index (χ0) is 14.9. The Morgan fingerprint density at radius 3 is 2.50 bits per heavy atom. The molecule has 0 saturated carbocycles. The van der Waals surface area contributed by atoms with Gasteiger partial charge in [-0.3, -0.25) is 0 Å². The van der Waals surface area contributed by atoms with Crippen molar-refractivity contribution in [3.05, 3.63) is 29.5 Å². The molecule has 0 aliphatic heterocycles. The van der Waals surface area contributed by atoms with Gasteiger partial charge in [0.05, 0.1) is 13.2 Å². The van der Waals surface area contributed by atoms with E-state index < -0.39 is 0 Å². The number of hydrogen-bond acceptors (Lipinski definition) is 3. The summed E-state index contributed by atoms with van der Waals surface area (Å²) in [5.74, 6) is 1.72. The van der Waals surface area contributed by atoms with Crippen molar-refractivity contribution in [3.63, 3.8) is 0 Å². The van der Waals surface area contributed by atoms with Crippen molar-refractivity contribution in [1.82, 2.24) is 0 Å². The van der Waals surface area contributed by atoms with Gasteiger partial charge in [0.15, 0.2) is 0 Å². The number of nitrogens with two attached hydrogens (primary N) is 1. The van der Waals surface area contributed by atoms with Gasteiger partial charge >= 0.3 is 0 Å². The van der Waals surface area contributed by atoms with E-state index in [0.29, 0.717) is 0 Å². The molecule has 0 aliphatic rings. The summed E-state index contributed by atoms with van der Waals surface area (Å²) in [6.07, 6.45) is 1.98. The first-order valence-electron chi connectivity index (χ1n) is 7.24. The molecule has 0 fully saturated rings.